The van der Waals surface area contributed by atoms with E-state index in [-0.39, 0.29) is 11.4 Å². The van der Waals surface area contributed by atoms with Gasteiger partial charge < -0.3 is 4.74 Å². The smallest absolute Gasteiger partial charge is 0.334 e. The van der Waals surface area contributed by atoms with Crippen LogP contribution in [0.5, 0.6) is 0 Å². The number of hydrogen-bond acceptors (Lipinski definition) is 4. The molecule has 1 heterocycles. The molecule has 3 nitrogen and oxygen atoms in total. The first-order valence-electron chi connectivity index (χ1n) is 6.70. The quantitative estimate of drug-likeness (QED) is 0.380. The second kappa shape index (κ2) is 8.35. The summed E-state index contributed by atoms with van der Waals surface area (Å²) in [7, 11) is 0. The van der Waals surface area contributed by atoms with Crippen LogP contribution in [0.1, 0.15) is 52.4 Å². The summed E-state index contributed by atoms with van der Waals surface area (Å²) < 4.78 is 5.26. The van der Waals surface area contributed by atoms with Crippen molar-refractivity contribution in [2.24, 2.45) is 4.99 Å². The zero-order valence-corrected chi connectivity index (χ0v) is 12.2. The zero-order chi connectivity index (χ0) is 13.4. The molecule has 0 spiro atoms. The van der Waals surface area contributed by atoms with Crippen molar-refractivity contribution in [1.82, 2.24) is 0 Å². The number of nitrogens with zero attached hydrogens (tertiary/aromatic N) is 1. The van der Waals surface area contributed by atoms with Gasteiger partial charge in [-0.2, -0.15) is 0 Å². The van der Waals surface area contributed by atoms with E-state index in [1.165, 1.54) is 32.1 Å². The number of carbonyl (C=O) groups is 1. The Kier molecular flexibility index (Phi) is 7.09. The van der Waals surface area contributed by atoms with Crippen LogP contribution in [0, 0.1) is 0 Å². The molecule has 18 heavy (non-hydrogen) atoms. The fourth-order valence-electron chi connectivity index (χ4n) is 1.70. The minimum absolute atomic E-state index is 0.139. The molecule has 0 aromatic rings. The van der Waals surface area contributed by atoms with Gasteiger partial charge in [-0.05, 0) is 19.8 Å². The van der Waals surface area contributed by atoms with E-state index < -0.39 is 0 Å². The summed E-state index contributed by atoms with van der Waals surface area (Å²) in [6.45, 7) is 8.05. The van der Waals surface area contributed by atoms with Crippen molar-refractivity contribution in [3.8, 4) is 0 Å². The van der Waals surface area contributed by atoms with Crippen molar-refractivity contribution in [2.45, 2.75) is 57.8 Å². The molecule has 4 heteroatoms. The highest BCUT2D eigenvalue weighted by molar-refractivity contribution is 8.14. The second-order valence-corrected chi connectivity index (χ2v) is 5.86. The van der Waals surface area contributed by atoms with Crippen molar-refractivity contribution < 1.29 is 9.53 Å². The summed E-state index contributed by atoms with van der Waals surface area (Å²) in [5, 5.41) is 1.13. The predicted molar refractivity (Wildman–Crippen MR) is 78.0 cm³/mol. The Morgan fingerprint density at radius 1 is 1.44 bits per heavy atom. The molecule has 0 radical (unpaired) electrons. The van der Waals surface area contributed by atoms with E-state index in [2.05, 4.69) is 18.5 Å². The molecule has 102 valence electrons. The van der Waals surface area contributed by atoms with Crippen molar-refractivity contribution in [3.05, 3.63) is 12.2 Å². The zero-order valence-electron chi connectivity index (χ0n) is 11.4. The monoisotopic (exact) mass is 269 g/mol. The Morgan fingerprint density at radius 2 is 2.17 bits per heavy atom. The molecule has 0 aliphatic carbocycles. The van der Waals surface area contributed by atoms with Crippen LogP contribution in [0.25, 0.3) is 0 Å². The third-order valence-electron chi connectivity index (χ3n) is 2.77. The van der Waals surface area contributed by atoms with Crippen LogP contribution in [0.4, 0.5) is 0 Å². The van der Waals surface area contributed by atoms with Gasteiger partial charge in [-0.15, -0.1) is 0 Å². The molecule has 1 atom stereocenters. The maximum atomic E-state index is 11.4. The number of thioether (sulfide) groups is 1. The summed E-state index contributed by atoms with van der Waals surface area (Å²) in [6.07, 6.45) is 7.38. The van der Waals surface area contributed by atoms with Gasteiger partial charge in [0.25, 0.3) is 0 Å². The average molecular weight is 269 g/mol. The molecule has 0 fully saturated rings. The van der Waals surface area contributed by atoms with E-state index in [0.717, 1.165) is 11.5 Å². The van der Waals surface area contributed by atoms with E-state index in [1.54, 1.807) is 18.7 Å². The highest BCUT2D eigenvalue weighted by Crippen LogP contribution is 2.26. The molecule has 0 aromatic carbocycles. The second-order valence-electron chi connectivity index (χ2n) is 4.63. The minimum Gasteiger partial charge on any atom is -0.446 e. The third-order valence-corrected chi connectivity index (χ3v) is 3.88. The van der Waals surface area contributed by atoms with E-state index in [0.29, 0.717) is 12.1 Å². The Labute approximate surface area is 114 Å². The number of rotatable bonds is 8. The van der Waals surface area contributed by atoms with Crippen LogP contribution in [0.15, 0.2) is 17.1 Å². The van der Waals surface area contributed by atoms with Crippen molar-refractivity contribution in [3.63, 3.8) is 0 Å². The minimum atomic E-state index is -0.313. The molecule has 0 N–H and O–H groups in total. The van der Waals surface area contributed by atoms with Crippen LogP contribution >= 0.6 is 11.8 Å². The van der Waals surface area contributed by atoms with Crippen molar-refractivity contribution >= 4 is 22.8 Å². The molecule has 1 rings (SSSR count). The first-order chi connectivity index (χ1) is 8.63. The number of ether oxygens (including phenoxy) is 1. The van der Waals surface area contributed by atoms with E-state index >= 15 is 0 Å². The molecule has 0 aromatic heterocycles. The summed E-state index contributed by atoms with van der Waals surface area (Å²) in [4.78, 5) is 15.8. The lowest BCUT2D eigenvalue weighted by atomic mass is 10.1. The molecule has 1 aliphatic rings. The van der Waals surface area contributed by atoms with Crippen LogP contribution in [-0.4, -0.2) is 23.0 Å². The summed E-state index contributed by atoms with van der Waals surface area (Å²) in [5.41, 5.74) is 0.309. The molecular weight excluding hydrogens is 246 g/mol. The number of hydrogen-bond donors (Lipinski definition) is 0. The van der Waals surface area contributed by atoms with Crippen LogP contribution < -0.4 is 0 Å². The molecule has 1 unspecified atom stereocenters. The van der Waals surface area contributed by atoms with Gasteiger partial charge in [0.05, 0.1) is 11.6 Å². The molecule has 0 saturated heterocycles. The van der Waals surface area contributed by atoms with Gasteiger partial charge in [-0.25, -0.2) is 4.79 Å². The molecular formula is C14H23NO2S. The summed E-state index contributed by atoms with van der Waals surface area (Å²) >= 11 is 1.59. The van der Waals surface area contributed by atoms with Gasteiger partial charge in [0.2, 0.25) is 0 Å². The van der Waals surface area contributed by atoms with Gasteiger partial charge in [0, 0.05) is 5.57 Å². The van der Waals surface area contributed by atoms with E-state index in [9.17, 15) is 4.79 Å². The normalized spacial score (nSPS) is 18.6. The highest BCUT2D eigenvalue weighted by atomic mass is 32.2. The van der Waals surface area contributed by atoms with Crippen molar-refractivity contribution in [2.75, 3.05) is 6.54 Å². The molecule has 1 aliphatic heterocycles. The number of carbonyl (C=O) groups excluding carboxylic acids is 1. The van der Waals surface area contributed by atoms with Crippen LogP contribution in [0.2, 0.25) is 0 Å². The summed E-state index contributed by atoms with van der Waals surface area (Å²) in [5.74, 6) is -0.313. The predicted octanol–water partition coefficient (Wildman–Crippen LogP) is 3.94. The Morgan fingerprint density at radius 3 is 2.83 bits per heavy atom. The molecule has 0 amide bonds. The SMILES string of the molecule is C=C(C)C(=O)OC1CN=C(CCCCCCC)S1. The van der Waals surface area contributed by atoms with Gasteiger partial charge >= 0.3 is 5.97 Å². The lowest BCUT2D eigenvalue weighted by Gasteiger charge is -2.10. The Bertz CT molecular complexity index is 326. The maximum absolute atomic E-state index is 11.4. The molecule has 0 saturated carbocycles. The Balaban J connectivity index is 2.12. The van der Waals surface area contributed by atoms with E-state index in [1.807, 2.05) is 0 Å². The number of aliphatic imine (C=N–C) groups is 1. The van der Waals surface area contributed by atoms with Gasteiger partial charge in [0.1, 0.15) is 0 Å². The standard InChI is InChI=1S/C14H23NO2S/c1-4-5-6-7-8-9-12-15-10-13(18-12)17-14(16)11(2)3/h13H,2,4-10H2,1,3H3. The Hall–Kier alpha value is -0.770. The van der Waals surface area contributed by atoms with E-state index in [4.69, 9.17) is 4.74 Å². The first kappa shape index (κ1) is 15.3. The maximum Gasteiger partial charge on any atom is 0.334 e. The lowest BCUT2D eigenvalue weighted by Crippen LogP contribution is -2.15. The number of esters is 1. The lowest BCUT2D eigenvalue weighted by molar-refractivity contribution is -0.139. The van der Waals surface area contributed by atoms with Gasteiger partial charge in [0.15, 0.2) is 5.44 Å². The van der Waals surface area contributed by atoms with Crippen molar-refractivity contribution in [1.29, 1.82) is 0 Å². The highest BCUT2D eigenvalue weighted by Gasteiger charge is 2.22. The average Bonchev–Trinajstić information content (AvgIpc) is 2.76. The van der Waals surface area contributed by atoms with Gasteiger partial charge in [-0.1, -0.05) is 50.9 Å². The van der Waals surface area contributed by atoms with Gasteiger partial charge in [-0.3, -0.25) is 4.99 Å². The fourth-order valence-corrected chi connectivity index (χ4v) is 2.70. The molecule has 0 bridgehead atoms. The first-order valence-corrected chi connectivity index (χ1v) is 7.58. The van der Waals surface area contributed by atoms with Crippen LogP contribution in [0.3, 0.4) is 0 Å². The summed E-state index contributed by atoms with van der Waals surface area (Å²) in [6, 6.07) is 0. The fraction of sp³-hybridized carbons (Fsp3) is 0.714. The number of unbranched alkanes of at least 4 members (excludes halogenated alkanes) is 4. The topological polar surface area (TPSA) is 38.7 Å². The third kappa shape index (κ3) is 5.71. The largest absolute Gasteiger partial charge is 0.446 e. The van der Waals surface area contributed by atoms with Crippen LogP contribution in [-0.2, 0) is 9.53 Å².